The second kappa shape index (κ2) is 6.05. The highest BCUT2D eigenvalue weighted by Gasteiger charge is 2.14. The van der Waals surface area contributed by atoms with E-state index >= 15 is 0 Å². The van der Waals surface area contributed by atoms with Crippen molar-refractivity contribution in [2.24, 2.45) is 0 Å². The van der Waals surface area contributed by atoms with Crippen molar-refractivity contribution in [3.8, 4) is 5.69 Å². The van der Waals surface area contributed by atoms with Gasteiger partial charge in [-0.2, -0.15) is 14.7 Å². The Bertz CT molecular complexity index is 1020. The van der Waals surface area contributed by atoms with E-state index in [1.54, 1.807) is 6.20 Å². The van der Waals surface area contributed by atoms with Gasteiger partial charge in [-0.3, -0.25) is 0 Å². The summed E-state index contributed by atoms with van der Waals surface area (Å²) >= 11 is 0. The minimum atomic E-state index is 0.0786. The average Bonchev–Trinajstić information content (AvgIpc) is 3.23. The van der Waals surface area contributed by atoms with Crippen molar-refractivity contribution in [2.75, 3.05) is 5.32 Å². The zero-order valence-corrected chi connectivity index (χ0v) is 14.5. The van der Waals surface area contributed by atoms with E-state index in [9.17, 15) is 0 Å². The molecule has 1 N–H and O–H groups in total. The highest BCUT2D eigenvalue weighted by molar-refractivity contribution is 5.53. The van der Waals surface area contributed by atoms with E-state index in [2.05, 4.69) is 39.6 Å². The summed E-state index contributed by atoms with van der Waals surface area (Å²) in [6.07, 6.45) is 3.74. The molecule has 25 heavy (non-hydrogen) atoms. The van der Waals surface area contributed by atoms with Crippen molar-refractivity contribution in [1.29, 1.82) is 0 Å². The molecule has 1 aromatic carbocycles. The quantitative estimate of drug-likeness (QED) is 0.619. The van der Waals surface area contributed by atoms with E-state index in [0.717, 1.165) is 34.1 Å². The number of hydrogen-bond acceptors (Lipinski definition) is 4. The second-order valence-corrected chi connectivity index (χ2v) is 6.21. The van der Waals surface area contributed by atoms with Crippen LogP contribution in [0.3, 0.4) is 0 Å². The highest BCUT2D eigenvalue weighted by atomic mass is 15.3. The summed E-state index contributed by atoms with van der Waals surface area (Å²) < 4.78 is 3.74. The molecule has 0 amide bonds. The Morgan fingerprint density at radius 1 is 1.04 bits per heavy atom. The predicted octanol–water partition coefficient (Wildman–Crippen LogP) is 3.70. The van der Waals surface area contributed by atoms with Crippen molar-refractivity contribution in [1.82, 2.24) is 24.4 Å². The van der Waals surface area contributed by atoms with Crippen molar-refractivity contribution in [2.45, 2.75) is 26.8 Å². The molecule has 4 rings (SSSR count). The molecule has 0 aliphatic carbocycles. The zero-order chi connectivity index (χ0) is 17.4. The summed E-state index contributed by atoms with van der Waals surface area (Å²) in [6.45, 7) is 6.11. The van der Waals surface area contributed by atoms with Crippen LogP contribution in [0.4, 0.5) is 5.82 Å². The van der Waals surface area contributed by atoms with Gasteiger partial charge in [0.25, 0.3) is 0 Å². The summed E-state index contributed by atoms with van der Waals surface area (Å²) in [4.78, 5) is 4.54. The minimum absolute atomic E-state index is 0.0786. The molecule has 4 aromatic rings. The molecule has 3 aromatic heterocycles. The first-order valence-electron chi connectivity index (χ1n) is 8.31. The van der Waals surface area contributed by atoms with Gasteiger partial charge in [0.1, 0.15) is 5.82 Å². The van der Waals surface area contributed by atoms with E-state index in [1.807, 2.05) is 59.6 Å². The van der Waals surface area contributed by atoms with Crippen molar-refractivity contribution < 1.29 is 0 Å². The van der Waals surface area contributed by atoms with E-state index < -0.39 is 0 Å². The molecule has 0 radical (unpaired) electrons. The van der Waals surface area contributed by atoms with Gasteiger partial charge in [0.15, 0.2) is 5.65 Å². The van der Waals surface area contributed by atoms with Crippen LogP contribution in [-0.2, 0) is 0 Å². The predicted molar refractivity (Wildman–Crippen MR) is 98.1 cm³/mol. The summed E-state index contributed by atoms with van der Waals surface area (Å²) in [6, 6.07) is 14.3. The lowest BCUT2D eigenvalue weighted by Crippen LogP contribution is -2.14. The molecule has 0 aliphatic heterocycles. The Kier molecular flexibility index (Phi) is 3.72. The fourth-order valence-corrected chi connectivity index (χ4v) is 3.09. The fourth-order valence-electron chi connectivity index (χ4n) is 3.09. The fraction of sp³-hybridized carbons (Fsp3) is 0.211. The number of aromatic nitrogens is 5. The molecule has 3 heterocycles. The first kappa shape index (κ1) is 15.4. The molecule has 6 heteroatoms. The van der Waals surface area contributed by atoms with E-state index in [-0.39, 0.29) is 6.04 Å². The summed E-state index contributed by atoms with van der Waals surface area (Å²) in [5, 5.41) is 12.5. The average molecular weight is 332 g/mol. The van der Waals surface area contributed by atoms with Crippen LogP contribution in [0.25, 0.3) is 11.3 Å². The first-order valence-corrected chi connectivity index (χ1v) is 8.31. The maximum atomic E-state index is 4.55. The summed E-state index contributed by atoms with van der Waals surface area (Å²) in [7, 11) is 0. The lowest BCUT2D eigenvalue weighted by molar-refractivity contribution is 0.800. The monoisotopic (exact) mass is 332 g/mol. The standard InChI is InChI=1S/C19H20N6/c1-13-11-19(25-18(21-13)12-14(2)23-25)22-15(3)16-7-4-5-8-17(16)24-10-6-9-20-24/h4-12,15,22H,1-3H3. The molecule has 1 atom stereocenters. The number of hydrogen-bond donors (Lipinski definition) is 1. The van der Waals surface area contributed by atoms with Gasteiger partial charge in [-0.25, -0.2) is 9.67 Å². The molecule has 6 nitrogen and oxygen atoms in total. The Morgan fingerprint density at radius 3 is 2.68 bits per heavy atom. The minimum Gasteiger partial charge on any atom is -0.363 e. The molecule has 0 fully saturated rings. The maximum Gasteiger partial charge on any atom is 0.157 e. The number of nitrogens with one attached hydrogen (secondary N) is 1. The number of benzene rings is 1. The van der Waals surface area contributed by atoms with Gasteiger partial charge in [-0.15, -0.1) is 0 Å². The lowest BCUT2D eigenvalue weighted by atomic mass is 10.1. The highest BCUT2D eigenvalue weighted by Crippen LogP contribution is 2.25. The van der Waals surface area contributed by atoms with Gasteiger partial charge in [-0.05, 0) is 38.5 Å². The third kappa shape index (κ3) is 2.87. The van der Waals surface area contributed by atoms with Crippen LogP contribution < -0.4 is 5.32 Å². The Hall–Kier alpha value is -3.15. The lowest BCUT2D eigenvalue weighted by Gasteiger charge is -2.19. The number of anilines is 1. The van der Waals surface area contributed by atoms with Gasteiger partial charge in [0.05, 0.1) is 17.4 Å². The third-order valence-electron chi connectivity index (χ3n) is 4.20. The third-order valence-corrected chi connectivity index (χ3v) is 4.20. The van der Waals surface area contributed by atoms with E-state index in [4.69, 9.17) is 0 Å². The van der Waals surface area contributed by atoms with Gasteiger partial charge >= 0.3 is 0 Å². The smallest absolute Gasteiger partial charge is 0.157 e. The van der Waals surface area contributed by atoms with Crippen LogP contribution in [0, 0.1) is 13.8 Å². The van der Waals surface area contributed by atoms with Crippen LogP contribution in [0.15, 0.2) is 54.9 Å². The van der Waals surface area contributed by atoms with Crippen LogP contribution in [0.1, 0.15) is 29.9 Å². The number of nitrogens with zero attached hydrogens (tertiary/aromatic N) is 5. The van der Waals surface area contributed by atoms with Crippen LogP contribution in [-0.4, -0.2) is 24.4 Å². The molecule has 126 valence electrons. The normalized spacial score (nSPS) is 12.4. The summed E-state index contributed by atoms with van der Waals surface area (Å²) in [5.41, 5.74) is 4.99. The van der Waals surface area contributed by atoms with Crippen molar-refractivity contribution in [3.05, 3.63) is 71.8 Å². The maximum absolute atomic E-state index is 4.55. The number of fused-ring (bicyclic) bond motifs is 1. The Labute approximate surface area is 146 Å². The second-order valence-electron chi connectivity index (χ2n) is 6.21. The van der Waals surface area contributed by atoms with Crippen LogP contribution >= 0.6 is 0 Å². The topological polar surface area (TPSA) is 60.0 Å². The van der Waals surface area contributed by atoms with Gasteiger partial charge in [0.2, 0.25) is 0 Å². The molecular weight excluding hydrogens is 312 g/mol. The summed E-state index contributed by atoms with van der Waals surface area (Å²) in [5.74, 6) is 0.929. The molecule has 0 bridgehead atoms. The van der Waals surface area contributed by atoms with E-state index in [1.165, 1.54) is 0 Å². The molecule has 0 aliphatic rings. The zero-order valence-electron chi connectivity index (χ0n) is 14.5. The van der Waals surface area contributed by atoms with Gasteiger partial charge in [0, 0.05) is 30.2 Å². The van der Waals surface area contributed by atoms with Crippen LogP contribution in [0.2, 0.25) is 0 Å². The number of rotatable bonds is 4. The van der Waals surface area contributed by atoms with E-state index in [0.29, 0.717) is 0 Å². The molecule has 0 saturated carbocycles. The Morgan fingerprint density at radius 2 is 1.88 bits per heavy atom. The van der Waals surface area contributed by atoms with Gasteiger partial charge in [-0.1, -0.05) is 18.2 Å². The van der Waals surface area contributed by atoms with Gasteiger partial charge < -0.3 is 5.32 Å². The number of para-hydroxylation sites is 1. The Balaban J connectivity index is 1.73. The molecule has 1 unspecified atom stereocenters. The van der Waals surface area contributed by atoms with Crippen molar-refractivity contribution >= 4 is 11.5 Å². The first-order chi connectivity index (χ1) is 12.1. The van der Waals surface area contributed by atoms with Crippen LogP contribution in [0.5, 0.6) is 0 Å². The van der Waals surface area contributed by atoms with Crippen molar-refractivity contribution in [3.63, 3.8) is 0 Å². The largest absolute Gasteiger partial charge is 0.363 e. The number of aryl methyl sites for hydroxylation is 2. The molecular formula is C19H20N6. The molecule has 0 spiro atoms. The SMILES string of the molecule is Cc1cc(NC(C)c2ccccc2-n2cccn2)n2nc(C)cc2n1. The molecule has 0 saturated heterocycles.